The number of carboxylic acid groups (broad SMARTS) is 1. The van der Waals surface area contributed by atoms with Gasteiger partial charge < -0.3 is 14.9 Å². The van der Waals surface area contributed by atoms with Crippen molar-refractivity contribution in [3.05, 3.63) is 35.9 Å². The fraction of sp³-hybridized carbons (Fsp3) is 0.364. The summed E-state index contributed by atoms with van der Waals surface area (Å²) in [5, 5.41) is 15.7. The molecule has 1 aromatic rings. The highest BCUT2D eigenvalue weighted by molar-refractivity contribution is 5.72. The van der Waals surface area contributed by atoms with E-state index in [-0.39, 0.29) is 0 Å². The SMILES string of the molecule is CO.COC(Cc1ccccc1)C(=O)O. The van der Waals surface area contributed by atoms with Crippen LogP contribution in [0.2, 0.25) is 0 Å². The minimum Gasteiger partial charge on any atom is -0.479 e. The van der Waals surface area contributed by atoms with Gasteiger partial charge in [0.05, 0.1) is 0 Å². The Bertz CT molecular complexity index is 271. The number of aliphatic hydroxyl groups is 1. The predicted octanol–water partition coefficient (Wildman–Crippen LogP) is 0.937. The van der Waals surface area contributed by atoms with E-state index in [0.29, 0.717) is 6.42 Å². The van der Waals surface area contributed by atoms with Crippen LogP contribution in [-0.2, 0) is 16.0 Å². The first-order valence-electron chi connectivity index (χ1n) is 4.48. The first kappa shape index (κ1) is 13.6. The highest BCUT2D eigenvalue weighted by atomic mass is 16.5. The van der Waals surface area contributed by atoms with Gasteiger partial charge in [0.25, 0.3) is 0 Å². The van der Waals surface area contributed by atoms with Crippen molar-refractivity contribution in [2.75, 3.05) is 14.2 Å². The largest absolute Gasteiger partial charge is 0.479 e. The summed E-state index contributed by atoms with van der Waals surface area (Å²) in [6.45, 7) is 0. The summed E-state index contributed by atoms with van der Waals surface area (Å²) in [4.78, 5) is 10.6. The van der Waals surface area contributed by atoms with E-state index in [9.17, 15) is 4.79 Å². The highest BCUT2D eigenvalue weighted by Crippen LogP contribution is 2.05. The van der Waals surface area contributed by atoms with E-state index in [1.807, 2.05) is 30.3 Å². The van der Waals surface area contributed by atoms with E-state index in [1.165, 1.54) is 7.11 Å². The van der Waals surface area contributed by atoms with Crippen LogP contribution in [0.15, 0.2) is 30.3 Å². The fourth-order valence-electron chi connectivity index (χ4n) is 1.10. The lowest BCUT2D eigenvalue weighted by Gasteiger charge is -2.09. The summed E-state index contributed by atoms with van der Waals surface area (Å²) < 4.78 is 4.82. The predicted molar refractivity (Wildman–Crippen MR) is 56.7 cm³/mol. The van der Waals surface area contributed by atoms with Gasteiger partial charge in [0, 0.05) is 20.6 Å². The number of carbonyl (C=O) groups is 1. The number of aliphatic carboxylic acids is 1. The zero-order valence-corrected chi connectivity index (χ0v) is 8.88. The molecule has 1 rings (SSSR count). The third-order valence-corrected chi connectivity index (χ3v) is 1.82. The van der Waals surface area contributed by atoms with Gasteiger partial charge in [0.1, 0.15) is 0 Å². The average Bonchev–Trinajstić information content (AvgIpc) is 2.29. The molecule has 0 aliphatic rings. The molecule has 0 aromatic heterocycles. The molecule has 0 saturated heterocycles. The molecule has 0 fully saturated rings. The lowest BCUT2D eigenvalue weighted by Crippen LogP contribution is -2.24. The second kappa shape index (κ2) is 7.96. The maximum absolute atomic E-state index is 10.6. The Balaban J connectivity index is 0.000000921. The van der Waals surface area contributed by atoms with Crippen molar-refractivity contribution in [3.8, 4) is 0 Å². The Morgan fingerprint density at radius 2 is 1.87 bits per heavy atom. The van der Waals surface area contributed by atoms with Crippen molar-refractivity contribution >= 4 is 5.97 Å². The Labute approximate surface area is 89.1 Å². The smallest absolute Gasteiger partial charge is 0.333 e. The van der Waals surface area contributed by atoms with Crippen LogP contribution in [0.3, 0.4) is 0 Å². The molecule has 0 amide bonds. The number of ether oxygens (including phenoxy) is 1. The summed E-state index contributed by atoms with van der Waals surface area (Å²) in [6.07, 6.45) is -0.338. The molecule has 2 N–H and O–H groups in total. The van der Waals surface area contributed by atoms with E-state index in [1.54, 1.807) is 0 Å². The molecular formula is C11H16O4. The third kappa shape index (κ3) is 5.15. The van der Waals surface area contributed by atoms with Crippen LogP contribution >= 0.6 is 0 Å². The Morgan fingerprint density at radius 3 is 2.27 bits per heavy atom. The lowest BCUT2D eigenvalue weighted by molar-refractivity contribution is -0.148. The molecular weight excluding hydrogens is 196 g/mol. The van der Waals surface area contributed by atoms with Crippen molar-refractivity contribution in [1.29, 1.82) is 0 Å². The van der Waals surface area contributed by atoms with E-state index in [2.05, 4.69) is 0 Å². The van der Waals surface area contributed by atoms with Gasteiger partial charge in [-0.3, -0.25) is 0 Å². The first-order chi connectivity index (χ1) is 7.24. The van der Waals surface area contributed by atoms with Gasteiger partial charge >= 0.3 is 5.97 Å². The van der Waals surface area contributed by atoms with Crippen LogP contribution in [0.1, 0.15) is 5.56 Å². The molecule has 0 aliphatic carbocycles. The van der Waals surface area contributed by atoms with Gasteiger partial charge in [-0.05, 0) is 5.56 Å². The second-order valence-corrected chi connectivity index (χ2v) is 2.75. The van der Waals surface area contributed by atoms with Crippen molar-refractivity contribution < 1.29 is 19.7 Å². The summed E-state index contributed by atoms with van der Waals surface area (Å²) in [5.74, 6) is -0.925. The quantitative estimate of drug-likeness (QED) is 0.779. The lowest BCUT2D eigenvalue weighted by atomic mass is 10.1. The number of rotatable bonds is 4. The number of benzene rings is 1. The number of hydrogen-bond acceptors (Lipinski definition) is 3. The maximum atomic E-state index is 10.6. The standard InChI is InChI=1S/C10H12O3.CH4O/c1-13-9(10(11)12)7-8-5-3-2-4-6-8;1-2/h2-6,9H,7H2,1H3,(H,11,12);2H,1H3. The van der Waals surface area contributed by atoms with Crippen molar-refractivity contribution in [2.24, 2.45) is 0 Å². The average molecular weight is 212 g/mol. The van der Waals surface area contributed by atoms with Crippen LogP contribution < -0.4 is 0 Å². The van der Waals surface area contributed by atoms with Gasteiger partial charge in [-0.25, -0.2) is 4.79 Å². The maximum Gasteiger partial charge on any atom is 0.333 e. The molecule has 4 heteroatoms. The molecule has 0 spiro atoms. The van der Waals surface area contributed by atoms with E-state index >= 15 is 0 Å². The normalized spacial score (nSPS) is 11.1. The molecule has 0 heterocycles. The van der Waals surface area contributed by atoms with Crippen molar-refractivity contribution in [2.45, 2.75) is 12.5 Å². The third-order valence-electron chi connectivity index (χ3n) is 1.82. The number of carboxylic acids is 1. The van der Waals surface area contributed by atoms with Gasteiger partial charge in [0.2, 0.25) is 0 Å². The summed E-state index contributed by atoms with van der Waals surface area (Å²) in [6, 6.07) is 9.42. The van der Waals surface area contributed by atoms with Gasteiger partial charge in [0.15, 0.2) is 6.10 Å². The number of aliphatic hydroxyl groups excluding tert-OH is 1. The second-order valence-electron chi connectivity index (χ2n) is 2.75. The Morgan fingerprint density at radius 1 is 1.33 bits per heavy atom. The Hall–Kier alpha value is -1.39. The van der Waals surface area contributed by atoms with E-state index in [0.717, 1.165) is 12.7 Å². The van der Waals surface area contributed by atoms with Gasteiger partial charge in [-0.1, -0.05) is 30.3 Å². The van der Waals surface area contributed by atoms with Gasteiger partial charge in [-0.15, -0.1) is 0 Å². The summed E-state index contributed by atoms with van der Waals surface area (Å²) in [7, 11) is 2.40. The summed E-state index contributed by atoms with van der Waals surface area (Å²) in [5.41, 5.74) is 0.969. The molecule has 1 aromatic carbocycles. The molecule has 4 nitrogen and oxygen atoms in total. The topological polar surface area (TPSA) is 66.8 Å². The molecule has 0 aliphatic heterocycles. The minimum atomic E-state index is -0.925. The molecule has 1 atom stereocenters. The Kier molecular flexibility index (Phi) is 7.23. The zero-order valence-electron chi connectivity index (χ0n) is 8.88. The van der Waals surface area contributed by atoms with Crippen LogP contribution in [-0.4, -0.2) is 36.5 Å². The highest BCUT2D eigenvalue weighted by Gasteiger charge is 2.16. The van der Waals surface area contributed by atoms with Crippen LogP contribution in [0.5, 0.6) is 0 Å². The van der Waals surface area contributed by atoms with E-state index in [4.69, 9.17) is 14.9 Å². The number of hydrogen-bond donors (Lipinski definition) is 2. The molecule has 0 saturated carbocycles. The molecule has 0 bridgehead atoms. The van der Waals surface area contributed by atoms with Gasteiger partial charge in [-0.2, -0.15) is 0 Å². The molecule has 1 unspecified atom stereocenters. The monoisotopic (exact) mass is 212 g/mol. The molecule has 84 valence electrons. The fourth-order valence-corrected chi connectivity index (χ4v) is 1.10. The van der Waals surface area contributed by atoms with Crippen LogP contribution in [0.25, 0.3) is 0 Å². The van der Waals surface area contributed by atoms with E-state index < -0.39 is 12.1 Å². The van der Waals surface area contributed by atoms with Crippen LogP contribution in [0, 0.1) is 0 Å². The number of methoxy groups -OCH3 is 1. The van der Waals surface area contributed by atoms with Crippen molar-refractivity contribution in [1.82, 2.24) is 0 Å². The molecule has 0 radical (unpaired) electrons. The minimum absolute atomic E-state index is 0.409. The van der Waals surface area contributed by atoms with Crippen LogP contribution in [0.4, 0.5) is 0 Å². The first-order valence-corrected chi connectivity index (χ1v) is 4.48. The zero-order chi connectivity index (χ0) is 11.7. The van der Waals surface area contributed by atoms with Crippen molar-refractivity contribution in [3.63, 3.8) is 0 Å². The molecule has 15 heavy (non-hydrogen) atoms. The summed E-state index contributed by atoms with van der Waals surface area (Å²) >= 11 is 0.